The largest absolute Gasteiger partial charge is 0.322 e. The van der Waals surface area contributed by atoms with Crippen LogP contribution in [0.1, 0.15) is 36.8 Å². The van der Waals surface area contributed by atoms with Crippen LogP contribution in [0, 0.1) is 6.92 Å². The maximum absolute atomic E-state index is 12.6. The van der Waals surface area contributed by atoms with Gasteiger partial charge in [0.15, 0.2) is 0 Å². The molecule has 0 radical (unpaired) electrons. The summed E-state index contributed by atoms with van der Waals surface area (Å²) in [5.74, 6) is -1.16. The molecular weight excluding hydrogens is 342 g/mol. The minimum Gasteiger partial charge on any atom is -0.322 e. The molecule has 4 rings (SSSR count). The van der Waals surface area contributed by atoms with E-state index in [4.69, 9.17) is 0 Å². The summed E-state index contributed by atoms with van der Waals surface area (Å²) < 4.78 is 0. The number of imide groups is 1. The highest BCUT2D eigenvalue weighted by molar-refractivity contribution is 6.33. The third-order valence-corrected chi connectivity index (χ3v) is 4.29. The molecule has 1 N–H and O–H groups in total. The van der Waals surface area contributed by atoms with Crippen molar-refractivity contribution in [1.29, 1.82) is 0 Å². The maximum Gasteiger partial charge on any atom is 0.284 e. The molecule has 0 bridgehead atoms. The van der Waals surface area contributed by atoms with Gasteiger partial charge in [0.1, 0.15) is 5.69 Å². The van der Waals surface area contributed by atoms with E-state index in [9.17, 15) is 14.4 Å². The van der Waals surface area contributed by atoms with E-state index in [2.05, 4.69) is 10.3 Å². The van der Waals surface area contributed by atoms with E-state index in [1.165, 1.54) is 6.20 Å². The van der Waals surface area contributed by atoms with Crippen molar-refractivity contribution < 1.29 is 14.4 Å². The predicted octanol–water partition coefficient (Wildman–Crippen LogP) is 3.44. The van der Waals surface area contributed by atoms with E-state index in [0.29, 0.717) is 16.9 Å². The Morgan fingerprint density at radius 3 is 2.56 bits per heavy atom. The molecule has 27 heavy (non-hydrogen) atoms. The van der Waals surface area contributed by atoms with Gasteiger partial charge in [0.2, 0.25) is 0 Å². The minimum absolute atomic E-state index is 0.136. The van der Waals surface area contributed by atoms with Crippen LogP contribution < -0.4 is 10.2 Å². The fourth-order valence-corrected chi connectivity index (χ4v) is 3.01. The quantitative estimate of drug-likeness (QED) is 0.728. The predicted molar refractivity (Wildman–Crippen MR) is 101 cm³/mol. The first-order valence-corrected chi connectivity index (χ1v) is 8.36. The van der Waals surface area contributed by atoms with Crippen molar-refractivity contribution in [2.75, 3.05) is 10.2 Å². The highest BCUT2D eigenvalue weighted by atomic mass is 16.2. The monoisotopic (exact) mass is 357 g/mol. The van der Waals surface area contributed by atoms with Crippen LogP contribution in [0.5, 0.6) is 0 Å². The summed E-state index contributed by atoms with van der Waals surface area (Å²) >= 11 is 0. The van der Waals surface area contributed by atoms with Gasteiger partial charge in [-0.25, -0.2) is 4.90 Å². The van der Waals surface area contributed by atoms with Gasteiger partial charge in [0.25, 0.3) is 17.7 Å². The second kappa shape index (κ2) is 6.49. The van der Waals surface area contributed by atoms with Gasteiger partial charge in [-0.2, -0.15) is 0 Å². The second-order valence-electron chi connectivity index (χ2n) is 6.22. The number of nitrogens with one attached hydrogen (secondary N) is 1. The molecule has 1 aliphatic heterocycles. The van der Waals surface area contributed by atoms with Crippen LogP contribution in [0.15, 0.2) is 66.9 Å². The average Bonchev–Trinajstić information content (AvgIpc) is 2.93. The molecule has 6 nitrogen and oxygen atoms in total. The van der Waals surface area contributed by atoms with E-state index in [-0.39, 0.29) is 17.2 Å². The molecule has 0 saturated carbocycles. The molecule has 1 aliphatic rings. The van der Waals surface area contributed by atoms with E-state index in [0.717, 1.165) is 10.5 Å². The molecule has 0 aliphatic carbocycles. The van der Waals surface area contributed by atoms with Crippen LogP contribution in [0.25, 0.3) is 0 Å². The molecular formula is C21H15N3O3. The molecule has 0 saturated heterocycles. The average molecular weight is 357 g/mol. The summed E-state index contributed by atoms with van der Waals surface area (Å²) in [6.07, 6.45) is 1.48. The number of pyridine rings is 1. The zero-order chi connectivity index (χ0) is 19.0. The molecule has 132 valence electrons. The summed E-state index contributed by atoms with van der Waals surface area (Å²) in [6.45, 7) is 1.91. The third kappa shape index (κ3) is 2.97. The number of nitrogens with zero attached hydrogens (tertiary/aromatic N) is 2. The smallest absolute Gasteiger partial charge is 0.284 e. The first-order chi connectivity index (χ1) is 13.0. The number of benzene rings is 2. The Kier molecular flexibility index (Phi) is 4.01. The Hall–Kier alpha value is -3.80. The Morgan fingerprint density at radius 2 is 1.78 bits per heavy atom. The Morgan fingerprint density at radius 1 is 0.963 bits per heavy atom. The highest BCUT2D eigenvalue weighted by Crippen LogP contribution is 2.28. The summed E-state index contributed by atoms with van der Waals surface area (Å²) in [4.78, 5) is 42.6. The molecule has 0 fully saturated rings. The van der Waals surface area contributed by atoms with Gasteiger partial charge in [0, 0.05) is 17.4 Å². The number of amides is 3. The minimum atomic E-state index is -0.474. The molecule has 0 atom stereocenters. The van der Waals surface area contributed by atoms with Crippen molar-refractivity contribution in [1.82, 2.24) is 4.98 Å². The molecule has 2 heterocycles. The van der Waals surface area contributed by atoms with Crippen LogP contribution in [0.4, 0.5) is 11.4 Å². The fourth-order valence-electron chi connectivity index (χ4n) is 3.01. The summed E-state index contributed by atoms with van der Waals surface area (Å²) in [6, 6.07) is 17.0. The lowest BCUT2D eigenvalue weighted by atomic mass is 10.1. The van der Waals surface area contributed by atoms with Gasteiger partial charge in [0.05, 0.1) is 11.3 Å². The lowest BCUT2D eigenvalue weighted by Gasteiger charge is -2.15. The molecule has 3 aromatic rings. The maximum atomic E-state index is 12.6. The normalized spacial score (nSPS) is 12.9. The number of carbonyl (C=O) groups excluding carboxylic acids is 3. The van der Waals surface area contributed by atoms with Crippen LogP contribution in [-0.4, -0.2) is 22.7 Å². The van der Waals surface area contributed by atoms with Crippen molar-refractivity contribution in [3.63, 3.8) is 0 Å². The number of aromatic nitrogens is 1. The summed E-state index contributed by atoms with van der Waals surface area (Å²) in [5.41, 5.74) is 2.79. The van der Waals surface area contributed by atoms with Gasteiger partial charge in [-0.05, 0) is 49.4 Å². The lowest BCUT2D eigenvalue weighted by molar-refractivity contribution is 0.0923. The first kappa shape index (κ1) is 16.7. The number of hydrogen-bond donors (Lipinski definition) is 1. The van der Waals surface area contributed by atoms with E-state index < -0.39 is 11.8 Å². The van der Waals surface area contributed by atoms with E-state index >= 15 is 0 Å². The fraction of sp³-hybridized carbons (Fsp3) is 0.0476. The highest BCUT2D eigenvalue weighted by Gasteiger charge is 2.37. The zero-order valence-electron chi connectivity index (χ0n) is 14.5. The zero-order valence-corrected chi connectivity index (χ0v) is 14.5. The standard InChI is InChI=1S/C21H15N3O3/c1-13-5-2-6-14(11-13)19(25)23-15-7-3-8-16(12-15)24-20(26)17-9-4-10-22-18(17)21(24)27/h2-12H,1H3,(H,23,25). The van der Waals surface area contributed by atoms with Crippen molar-refractivity contribution in [3.05, 3.63) is 89.2 Å². The number of aryl methyl sites for hydroxylation is 1. The van der Waals surface area contributed by atoms with Crippen molar-refractivity contribution in [2.45, 2.75) is 6.92 Å². The van der Waals surface area contributed by atoms with Crippen LogP contribution in [0.3, 0.4) is 0 Å². The molecule has 3 amide bonds. The van der Waals surface area contributed by atoms with Gasteiger partial charge in [-0.1, -0.05) is 23.8 Å². The summed E-state index contributed by atoms with van der Waals surface area (Å²) in [5, 5.41) is 2.80. The number of anilines is 2. The van der Waals surface area contributed by atoms with Crippen molar-refractivity contribution >= 4 is 29.1 Å². The molecule has 6 heteroatoms. The van der Waals surface area contributed by atoms with Crippen LogP contribution in [0.2, 0.25) is 0 Å². The topological polar surface area (TPSA) is 79.4 Å². The van der Waals surface area contributed by atoms with Crippen molar-refractivity contribution in [3.8, 4) is 0 Å². The van der Waals surface area contributed by atoms with Crippen molar-refractivity contribution in [2.24, 2.45) is 0 Å². The number of rotatable bonds is 3. The third-order valence-electron chi connectivity index (χ3n) is 4.29. The lowest BCUT2D eigenvalue weighted by Crippen LogP contribution is -2.29. The van der Waals surface area contributed by atoms with E-state index in [1.807, 2.05) is 19.1 Å². The van der Waals surface area contributed by atoms with Gasteiger partial charge in [-0.15, -0.1) is 0 Å². The van der Waals surface area contributed by atoms with E-state index in [1.54, 1.807) is 48.5 Å². The Labute approximate surface area is 155 Å². The van der Waals surface area contributed by atoms with Gasteiger partial charge < -0.3 is 5.32 Å². The molecule has 0 spiro atoms. The number of fused-ring (bicyclic) bond motifs is 1. The molecule has 0 unspecified atom stereocenters. The van der Waals surface area contributed by atoms with Gasteiger partial charge >= 0.3 is 0 Å². The molecule has 2 aromatic carbocycles. The second-order valence-corrected chi connectivity index (χ2v) is 6.22. The Balaban J connectivity index is 1.61. The summed E-state index contributed by atoms with van der Waals surface area (Å²) in [7, 11) is 0. The Bertz CT molecular complexity index is 1060. The number of hydrogen-bond acceptors (Lipinski definition) is 4. The number of carbonyl (C=O) groups is 3. The van der Waals surface area contributed by atoms with Gasteiger partial charge in [-0.3, -0.25) is 19.4 Å². The van der Waals surface area contributed by atoms with Crippen LogP contribution in [-0.2, 0) is 0 Å². The molecule has 1 aromatic heterocycles. The SMILES string of the molecule is Cc1cccc(C(=O)Nc2cccc(N3C(=O)c4cccnc4C3=O)c2)c1. The van der Waals surface area contributed by atoms with Crippen LogP contribution >= 0.6 is 0 Å². The first-order valence-electron chi connectivity index (χ1n) is 8.36.